The number of nitrogens with one attached hydrogen (secondary N) is 1. The first-order valence-corrected chi connectivity index (χ1v) is 8.25. The van der Waals surface area contributed by atoms with Gasteiger partial charge < -0.3 is 15.1 Å². The number of rotatable bonds is 10. The van der Waals surface area contributed by atoms with Crippen molar-refractivity contribution < 1.29 is 20.1 Å². The summed E-state index contributed by atoms with van der Waals surface area (Å²) < 4.78 is 0. The third-order valence-electron chi connectivity index (χ3n) is 3.79. The lowest BCUT2D eigenvalue weighted by Gasteiger charge is -2.22. The van der Waals surface area contributed by atoms with Gasteiger partial charge in [0.05, 0.1) is 35.3 Å². The van der Waals surface area contributed by atoms with Crippen LogP contribution in [0.2, 0.25) is 0 Å². The number of aliphatic hydroxyl groups excluding tert-OH is 2. The van der Waals surface area contributed by atoms with Crippen molar-refractivity contribution in [3.8, 4) is 0 Å². The van der Waals surface area contributed by atoms with Crippen LogP contribution in [0.5, 0.6) is 0 Å². The Kier molecular flexibility index (Phi) is 7.37. The molecule has 0 aliphatic heterocycles. The first kappa shape index (κ1) is 20.7. The van der Waals surface area contributed by atoms with Gasteiger partial charge in [0, 0.05) is 24.8 Å². The van der Waals surface area contributed by atoms with Gasteiger partial charge in [-0.15, -0.1) is 0 Å². The van der Waals surface area contributed by atoms with E-state index in [1.54, 1.807) is 24.3 Å². The normalized spacial score (nSPS) is 10.8. The van der Waals surface area contributed by atoms with Gasteiger partial charge in [0.15, 0.2) is 0 Å². The van der Waals surface area contributed by atoms with E-state index in [2.05, 4.69) is 10.5 Å². The summed E-state index contributed by atoms with van der Waals surface area (Å²) >= 11 is 0. The molecule has 0 saturated carbocycles. The van der Waals surface area contributed by atoms with E-state index in [0.29, 0.717) is 18.7 Å². The summed E-state index contributed by atoms with van der Waals surface area (Å²) in [5.41, 5.74) is 3.23. The SMILES string of the molecule is O=[N+]([O-])c1ccc(N/N=C/c2ccc(N(CCO)CCO)cc2)c([N+](=O)[O-])c1. The number of nitrogens with zero attached hydrogens (tertiary/aromatic N) is 4. The number of hydrogen-bond acceptors (Lipinski definition) is 9. The van der Waals surface area contributed by atoms with Gasteiger partial charge in [-0.2, -0.15) is 5.10 Å². The van der Waals surface area contributed by atoms with E-state index >= 15 is 0 Å². The minimum absolute atomic E-state index is 0.0283. The lowest BCUT2D eigenvalue weighted by Crippen LogP contribution is -2.29. The number of nitro groups is 2. The molecule has 2 rings (SSSR count). The van der Waals surface area contributed by atoms with Crippen LogP contribution in [-0.2, 0) is 0 Å². The van der Waals surface area contributed by atoms with Crippen molar-refractivity contribution in [2.24, 2.45) is 5.10 Å². The lowest BCUT2D eigenvalue weighted by molar-refractivity contribution is -0.393. The Labute approximate surface area is 159 Å². The number of nitro benzene ring substituents is 2. The van der Waals surface area contributed by atoms with Gasteiger partial charge in [-0.3, -0.25) is 25.7 Å². The van der Waals surface area contributed by atoms with Crippen molar-refractivity contribution in [2.75, 3.05) is 36.6 Å². The molecule has 0 unspecified atom stereocenters. The molecule has 0 bridgehead atoms. The van der Waals surface area contributed by atoms with Crippen molar-refractivity contribution in [1.29, 1.82) is 0 Å². The summed E-state index contributed by atoms with van der Waals surface area (Å²) in [5, 5.41) is 43.9. The summed E-state index contributed by atoms with van der Waals surface area (Å²) in [7, 11) is 0. The molecule has 11 nitrogen and oxygen atoms in total. The third-order valence-corrected chi connectivity index (χ3v) is 3.79. The number of benzene rings is 2. The van der Waals surface area contributed by atoms with Crippen LogP contribution in [0.15, 0.2) is 47.6 Å². The fraction of sp³-hybridized carbons (Fsp3) is 0.235. The van der Waals surface area contributed by atoms with Crippen molar-refractivity contribution in [1.82, 2.24) is 0 Å². The van der Waals surface area contributed by atoms with Crippen LogP contribution < -0.4 is 10.3 Å². The smallest absolute Gasteiger partial charge is 0.301 e. The van der Waals surface area contributed by atoms with Gasteiger partial charge in [-0.1, -0.05) is 12.1 Å². The molecule has 0 atom stereocenters. The standard InChI is InChI=1S/C17H19N5O6/c23-9-7-20(8-10-24)14-3-1-13(2-4-14)12-18-19-16-6-5-15(21(25)26)11-17(16)22(27)28/h1-6,11-12,19,23-24H,7-10H2/b18-12+. The maximum Gasteiger partial charge on any atom is 0.301 e. The largest absolute Gasteiger partial charge is 0.395 e. The van der Waals surface area contributed by atoms with Crippen molar-refractivity contribution in [3.05, 3.63) is 68.3 Å². The molecule has 11 heteroatoms. The molecule has 148 valence electrons. The predicted molar refractivity (Wildman–Crippen MR) is 104 cm³/mol. The zero-order valence-electron chi connectivity index (χ0n) is 14.8. The topological polar surface area (TPSA) is 154 Å². The van der Waals surface area contributed by atoms with Gasteiger partial charge in [0.25, 0.3) is 5.69 Å². The second-order valence-corrected chi connectivity index (χ2v) is 5.61. The number of hydrazone groups is 1. The highest BCUT2D eigenvalue weighted by molar-refractivity contribution is 5.81. The average molecular weight is 389 g/mol. The monoisotopic (exact) mass is 389 g/mol. The summed E-state index contributed by atoms with van der Waals surface area (Å²) in [4.78, 5) is 22.2. The van der Waals surface area contributed by atoms with Gasteiger partial charge in [0.1, 0.15) is 5.69 Å². The molecule has 2 aromatic rings. The van der Waals surface area contributed by atoms with E-state index in [1.165, 1.54) is 12.3 Å². The average Bonchev–Trinajstić information content (AvgIpc) is 2.68. The molecule has 0 aromatic heterocycles. The van der Waals surface area contributed by atoms with E-state index in [1.807, 2.05) is 4.90 Å². The van der Waals surface area contributed by atoms with Crippen LogP contribution in [0.3, 0.4) is 0 Å². The molecule has 0 radical (unpaired) electrons. The molecule has 0 fully saturated rings. The highest BCUT2D eigenvalue weighted by Gasteiger charge is 2.19. The fourth-order valence-corrected chi connectivity index (χ4v) is 2.44. The minimum Gasteiger partial charge on any atom is -0.395 e. The van der Waals surface area contributed by atoms with Crippen LogP contribution in [0.4, 0.5) is 22.7 Å². The molecule has 0 saturated heterocycles. The Hall–Kier alpha value is -3.57. The van der Waals surface area contributed by atoms with E-state index in [-0.39, 0.29) is 24.6 Å². The number of non-ortho nitro benzene ring substituents is 1. The van der Waals surface area contributed by atoms with E-state index in [0.717, 1.165) is 17.8 Å². The summed E-state index contributed by atoms with van der Waals surface area (Å²) in [6.07, 6.45) is 1.44. The molecule has 28 heavy (non-hydrogen) atoms. The Morgan fingerprint density at radius 1 is 1.00 bits per heavy atom. The van der Waals surface area contributed by atoms with Gasteiger partial charge in [0.2, 0.25) is 0 Å². The molecule has 0 heterocycles. The second kappa shape index (κ2) is 9.94. The van der Waals surface area contributed by atoms with Crippen molar-refractivity contribution >= 4 is 29.0 Å². The minimum atomic E-state index is -0.726. The predicted octanol–water partition coefficient (Wildman–Crippen LogP) is 1.74. The van der Waals surface area contributed by atoms with Crippen LogP contribution in [-0.4, -0.2) is 52.6 Å². The molecular formula is C17H19N5O6. The van der Waals surface area contributed by atoms with Gasteiger partial charge in [-0.25, -0.2) is 0 Å². The first-order chi connectivity index (χ1) is 13.5. The van der Waals surface area contributed by atoms with E-state index in [4.69, 9.17) is 10.2 Å². The first-order valence-electron chi connectivity index (χ1n) is 8.25. The molecule has 3 N–H and O–H groups in total. The van der Waals surface area contributed by atoms with Crippen LogP contribution in [0.25, 0.3) is 0 Å². The molecule has 0 amide bonds. The number of hydrogen-bond donors (Lipinski definition) is 3. The number of anilines is 2. The molecular weight excluding hydrogens is 370 g/mol. The number of aliphatic hydroxyl groups is 2. The Balaban J connectivity index is 2.10. The maximum absolute atomic E-state index is 11.1. The highest BCUT2D eigenvalue weighted by Crippen LogP contribution is 2.28. The van der Waals surface area contributed by atoms with Crippen LogP contribution in [0, 0.1) is 20.2 Å². The maximum atomic E-state index is 11.1. The summed E-state index contributed by atoms with van der Waals surface area (Å²) in [6.45, 7) is 0.695. The zero-order chi connectivity index (χ0) is 20.5. The molecule has 0 aliphatic carbocycles. The van der Waals surface area contributed by atoms with Crippen molar-refractivity contribution in [3.63, 3.8) is 0 Å². The van der Waals surface area contributed by atoms with Gasteiger partial charge in [-0.05, 0) is 23.8 Å². The summed E-state index contributed by atoms with van der Waals surface area (Å²) in [5.74, 6) is 0. The summed E-state index contributed by atoms with van der Waals surface area (Å²) in [6, 6.07) is 10.3. The Morgan fingerprint density at radius 3 is 2.18 bits per heavy atom. The quantitative estimate of drug-likeness (QED) is 0.315. The van der Waals surface area contributed by atoms with E-state index in [9.17, 15) is 20.2 Å². The lowest BCUT2D eigenvalue weighted by atomic mass is 10.2. The highest BCUT2D eigenvalue weighted by atomic mass is 16.6. The molecule has 0 aliphatic rings. The van der Waals surface area contributed by atoms with Gasteiger partial charge >= 0.3 is 5.69 Å². The fourth-order valence-electron chi connectivity index (χ4n) is 2.44. The Morgan fingerprint density at radius 2 is 1.64 bits per heavy atom. The third kappa shape index (κ3) is 5.46. The zero-order valence-corrected chi connectivity index (χ0v) is 14.8. The van der Waals surface area contributed by atoms with Crippen LogP contribution in [0.1, 0.15) is 5.56 Å². The molecule has 2 aromatic carbocycles. The second-order valence-electron chi connectivity index (χ2n) is 5.61. The van der Waals surface area contributed by atoms with E-state index < -0.39 is 15.5 Å². The van der Waals surface area contributed by atoms with Crippen molar-refractivity contribution in [2.45, 2.75) is 0 Å². The Bertz CT molecular complexity index is 850. The van der Waals surface area contributed by atoms with Crippen LogP contribution >= 0.6 is 0 Å². The molecule has 0 spiro atoms.